The first-order chi connectivity index (χ1) is 17.8. The van der Waals surface area contributed by atoms with Crippen LogP contribution in [0.25, 0.3) is 0 Å². The Bertz CT molecular complexity index is 744. The van der Waals surface area contributed by atoms with Crippen molar-refractivity contribution in [2.24, 2.45) is 5.41 Å². The van der Waals surface area contributed by atoms with Crippen LogP contribution < -0.4 is 0 Å². The molecule has 0 heterocycles. The van der Waals surface area contributed by atoms with E-state index in [4.69, 9.17) is 4.74 Å². The highest BCUT2D eigenvalue weighted by atomic mass is 16.6. The van der Waals surface area contributed by atoms with Crippen LogP contribution in [-0.4, -0.2) is 30.7 Å². The molecule has 1 aromatic rings. The summed E-state index contributed by atoms with van der Waals surface area (Å²) in [4.78, 5) is 14.5. The van der Waals surface area contributed by atoms with Gasteiger partial charge in [0, 0.05) is 18.5 Å². The number of nitrogens with zero attached hydrogens (tertiary/aromatic N) is 1. The van der Waals surface area contributed by atoms with Crippen molar-refractivity contribution in [3.05, 3.63) is 71.8 Å². The molecule has 0 bridgehead atoms. The third-order valence-corrected chi connectivity index (χ3v) is 6.59. The lowest BCUT2D eigenvalue weighted by Gasteiger charge is -2.34. The summed E-state index contributed by atoms with van der Waals surface area (Å²) in [5.41, 5.74) is 5.17. The van der Waals surface area contributed by atoms with Crippen LogP contribution in [-0.2, 0) is 4.74 Å². The van der Waals surface area contributed by atoms with Gasteiger partial charge in [-0.05, 0) is 64.0 Å². The molecular weight excluding hydrogens is 454 g/mol. The van der Waals surface area contributed by atoms with E-state index in [9.17, 15) is 4.79 Å². The van der Waals surface area contributed by atoms with Gasteiger partial charge in [0.1, 0.15) is 0 Å². The maximum atomic E-state index is 12.7. The lowest BCUT2D eigenvalue weighted by Crippen LogP contribution is -2.36. The van der Waals surface area contributed by atoms with Crippen LogP contribution in [0.5, 0.6) is 0 Å². The Kier molecular flexibility index (Phi) is 22.8. The summed E-state index contributed by atoms with van der Waals surface area (Å²) in [6.07, 6.45) is 12.0. The highest BCUT2D eigenvalue weighted by Gasteiger charge is 2.30. The lowest BCUT2D eigenvalue weighted by molar-refractivity contribution is 0.0410. The molecule has 0 saturated heterocycles. The molecule has 3 nitrogen and oxygen atoms in total. The van der Waals surface area contributed by atoms with Crippen LogP contribution in [0.1, 0.15) is 111 Å². The quantitative estimate of drug-likeness (QED) is 0.218. The number of allylic oxidation sites excluding steroid dienone is 3. The molecule has 37 heavy (non-hydrogen) atoms. The molecular formula is C34H59NO2. The van der Waals surface area contributed by atoms with Gasteiger partial charge in [0.25, 0.3) is 0 Å². The van der Waals surface area contributed by atoms with Crippen molar-refractivity contribution in [3.63, 3.8) is 0 Å². The minimum absolute atomic E-state index is 0.137. The molecule has 0 spiro atoms. The first-order valence-corrected chi connectivity index (χ1v) is 14.7. The van der Waals surface area contributed by atoms with Crippen molar-refractivity contribution in [1.29, 1.82) is 0 Å². The minimum atomic E-state index is -0.190. The van der Waals surface area contributed by atoms with Gasteiger partial charge in [-0.2, -0.15) is 0 Å². The van der Waals surface area contributed by atoms with E-state index < -0.39 is 0 Å². The minimum Gasteiger partial charge on any atom is -0.449 e. The van der Waals surface area contributed by atoms with Crippen molar-refractivity contribution < 1.29 is 9.53 Å². The van der Waals surface area contributed by atoms with Crippen LogP contribution in [0, 0.1) is 19.3 Å². The van der Waals surface area contributed by atoms with Gasteiger partial charge in [-0.15, -0.1) is 0 Å². The molecule has 0 aliphatic heterocycles. The molecule has 0 aliphatic carbocycles. The summed E-state index contributed by atoms with van der Waals surface area (Å²) in [7, 11) is 0. The fourth-order valence-electron chi connectivity index (χ4n) is 4.83. The SMILES string of the molecule is C=C/C(CC)=C(\C=C)CCN(CC)C(=O)OCC(CCC)(CCC)CCC.CC.Cc1cccc(C)c1. The standard InChI is InChI=1S/C24H43NO2.C8H10.C2H6/c1-8-16-24(17-9-2,18-10-3)20-27-23(26)25(14-7)19-15-22(13-6)21(11-4)12-5;1-7-4-3-5-8(2)6-7;1-2/h11,13H,4,6,8-10,12,14-20H2,1-3,5,7H3;3-6H,1-2H3;1-2H3/b22-21-;;. The molecule has 0 atom stereocenters. The van der Waals surface area contributed by atoms with Crippen LogP contribution >= 0.6 is 0 Å². The summed E-state index contributed by atoms with van der Waals surface area (Å²) in [5.74, 6) is 0. The topological polar surface area (TPSA) is 29.5 Å². The Morgan fingerprint density at radius 2 is 1.38 bits per heavy atom. The second-order valence-corrected chi connectivity index (χ2v) is 9.60. The van der Waals surface area contributed by atoms with E-state index in [0.29, 0.717) is 19.7 Å². The Labute approximate surface area is 231 Å². The number of ether oxygens (including phenoxy) is 1. The predicted molar refractivity (Wildman–Crippen MR) is 165 cm³/mol. The number of carbonyl (C=O) groups is 1. The van der Waals surface area contributed by atoms with Gasteiger partial charge in [0.15, 0.2) is 0 Å². The summed E-state index contributed by atoms with van der Waals surface area (Å²) in [6, 6.07) is 8.45. The van der Waals surface area contributed by atoms with Crippen molar-refractivity contribution in [3.8, 4) is 0 Å². The van der Waals surface area contributed by atoms with Crippen LogP contribution in [0.2, 0.25) is 0 Å². The number of aryl methyl sites for hydroxylation is 2. The molecule has 0 N–H and O–H groups in total. The Hall–Kier alpha value is -2.29. The van der Waals surface area contributed by atoms with Gasteiger partial charge in [-0.25, -0.2) is 4.79 Å². The number of rotatable bonds is 15. The predicted octanol–water partition coefficient (Wildman–Crippen LogP) is 10.6. The highest BCUT2D eigenvalue weighted by molar-refractivity contribution is 5.67. The first-order valence-electron chi connectivity index (χ1n) is 14.7. The number of amides is 1. The number of benzene rings is 1. The van der Waals surface area contributed by atoms with Crippen molar-refractivity contribution >= 4 is 6.09 Å². The van der Waals surface area contributed by atoms with E-state index in [1.165, 1.54) is 16.7 Å². The second kappa shape index (κ2) is 22.9. The molecule has 0 radical (unpaired) electrons. The zero-order valence-corrected chi connectivity index (χ0v) is 25.9. The van der Waals surface area contributed by atoms with Gasteiger partial charge >= 0.3 is 6.09 Å². The lowest BCUT2D eigenvalue weighted by atomic mass is 9.76. The molecule has 1 amide bonds. The zero-order chi connectivity index (χ0) is 28.7. The van der Waals surface area contributed by atoms with Crippen molar-refractivity contribution in [2.75, 3.05) is 19.7 Å². The number of hydrogen-bond acceptors (Lipinski definition) is 2. The maximum Gasteiger partial charge on any atom is 0.409 e. The third kappa shape index (κ3) is 15.5. The molecule has 3 heteroatoms. The van der Waals surface area contributed by atoms with Crippen molar-refractivity contribution in [1.82, 2.24) is 4.90 Å². The molecule has 0 aromatic heterocycles. The van der Waals surface area contributed by atoms with E-state index in [1.54, 1.807) is 4.90 Å². The molecule has 0 fully saturated rings. The molecule has 1 aromatic carbocycles. The average molecular weight is 514 g/mol. The monoisotopic (exact) mass is 513 g/mol. The highest BCUT2D eigenvalue weighted by Crippen LogP contribution is 2.35. The second-order valence-electron chi connectivity index (χ2n) is 9.60. The van der Waals surface area contributed by atoms with E-state index in [0.717, 1.165) is 56.9 Å². The van der Waals surface area contributed by atoms with Crippen LogP contribution in [0.3, 0.4) is 0 Å². The van der Waals surface area contributed by atoms with E-state index in [2.05, 4.69) is 79.0 Å². The smallest absolute Gasteiger partial charge is 0.409 e. The fourth-order valence-corrected chi connectivity index (χ4v) is 4.83. The molecule has 0 unspecified atom stereocenters. The normalized spacial score (nSPS) is 11.2. The van der Waals surface area contributed by atoms with Gasteiger partial charge < -0.3 is 9.64 Å². The number of carbonyl (C=O) groups excluding carboxylic acids is 1. The Morgan fingerprint density at radius 1 is 0.892 bits per heavy atom. The van der Waals surface area contributed by atoms with E-state index >= 15 is 0 Å². The summed E-state index contributed by atoms with van der Waals surface area (Å²) >= 11 is 0. The summed E-state index contributed by atoms with van der Waals surface area (Å²) in [6.45, 7) is 28.6. The molecule has 0 aliphatic rings. The van der Waals surface area contributed by atoms with E-state index in [-0.39, 0.29) is 11.5 Å². The maximum absolute atomic E-state index is 12.7. The molecule has 212 valence electrons. The Morgan fingerprint density at radius 3 is 1.70 bits per heavy atom. The molecule has 1 rings (SSSR count). The third-order valence-electron chi connectivity index (χ3n) is 6.59. The van der Waals surface area contributed by atoms with Gasteiger partial charge in [0.05, 0.1) is 6.61 Å². The first kappa shape index (κ1) is 36.9. The van der Waals surface area contributed by atoms with Crippen LogP contribution in [0.4, 0.5) is 4.79 Å². The van der Waals surface area contributed by atoms with E-state index in [1.807, 2.05) is 32.9 Å². The van der Waals surface area contributed by atoms with Gasteiger partial charge in [-0.1, -0.05) is 122 Å². The molecule has 0 saturated carbocycles. The van der Waals surface area contributed by atoms with Gasteiger partial charge in [0.2, 0.25) is 0 Å². The van der Waals surface area contributed by atoms with Gasteiger partial charge in [-0.3, -0.25) is 0 Å². The summed E-state index contributed by atoms with van der Waals surface area (Å²) in [5, 5.41) is 0. The Balaban J connectivity index is 0. The average Bonchev–Trinajstić information content (AvgIpc) is 2.89. The van der Waals surface area contributed by atoms with Crippen molar-refractivity contribution in [2.45, 2.75) is 114 Å². The van der Waals surface area contributed by atoms with Crippen LogP contribution in [0.15, 0.2) is 60.7 Å². The number of hydrogen-bond donors (Lipinski definition) is 0. The fraction of sp³-hybridized carbons (Fsp3) is 0.618. The largest absolute Gasteiger partial charge is 0.449 e. The summed E-state index contributed by atoms with van der Waals surface area (Å²) < 4.78 is 5.82. The zero-order valence-electron chi connectivity index (χ0n) is 25.9.